The van der Waals surface area contributed by atoms with E-state index in [1.54, 1.807) is 0 Å². The third-order valence-corrected chi connectivity index (χ3v) is 4.66. The standard InChI is InChI=1S/C15H23BN2O2/c1-14(2)15(3,4)20-16(19-14)13-8-5-7-12(17-13)11-18-9-6-10-18/h5,7-8H,6,9-11H2,1-4H3. The molecular formula is C15H23BN2O2. The van der Waals surface area contributed by atoms with Crippen LogP contribution in [0.1, 0.15) is 39.8 Å². The molecule has 3 heterocycles. The van der Waals surface area contributed by atoms with Gasteiger partial charge in [0, 0.05) is 6.54 Å². The summed E-state index contributed by atoms with van der Waals surface area (Å²) in [7, 11) is -0.364. The van der Waals surface area contributed by atoms with Crippen molar-refractivity contribution < 1.29 is 9.31 Å². The first kappa shape index (κ1) is 14.0. The second-order valence-corrected chi connectivity index (χ2v) is 6.77. The molecule has 5 heteroatoms. The third kappa shape index (κ3) is 2.50. The van der Waals surface area contributed by atoms with E-state index in [1.165, 1.54) is 19.5 Å². The summed E-state index contributed by atoms with van der Waals surface area (Å²) in [4.78, 5) is 7.12. The Bertz CT molecular complexity index is 484. The average Bonchev–Trinajstić information content (AvgIpc) is 2.54. The van der Waals surface area contributed by atoms with Crippen molar-refractivity contribution in [3.05, 3.63) is 23.9 Å². The van der Waals surface area contributed by atoms with Crippen LogP contribution in [0, 0.1) is 0 Å². The van der Waals surface area contributed by atoms with Crippen LogP contribution < -0.4 is 5.59 Å². The largest absolute Gasteiger partial charge is 0.514 e. The first-order chi connectivity index (χ1) is 9.37. The number of aromatic nitrogens is 1. The monoisotopic (exact) mass is 274 g/mol. The van der Waals surface area contributed by atoms with Crippen molar-refractivity contribution in [1.82, 2.24) is 9.88 Å². The van der Waals surface area contributed by atoms with Crippen molar-refractivity contribution in [2.75, 3.05) is 13.1 Å². The molecule has 2 aliphatic heterocycles. The van der Waals surface area contributed by atoms with Gasteiger partial charge >= 0.3 is 7.12 Å². The highest BCUT2D eigenvalue weighted by Gasteiger charge is 2.52. The van der Waals surface area contributed by atoms with E-state index in [4.69, 9.17) is 14.3 Å². The Balaban J connectivity index is 1.76. The van der Waals surface area contributed by atoms with Gasteiger partial charge in [-0.05, 0) is 59.3 Å². The molecule has 0 aromatic carbocycles. The molecule has 2 fully saturated rings. The number of pyridine rings is 1. The fourth-order valence-corrected chi connectivity index (χ4v) is 2.45. The van der Waals surface area contributed by atoms with Crippen molar-refractivity contribution in [1.29, 1.82) is 0 Å². The highest BCUT2D eigenvalue weighted by molar-refractivity contribution is 6.61. The van der Waals surface area contributed by atoms with E-state index in [9.17, 15) is 0 Å². The Morgan fingerprint density at radius 2 is 1.80 bits per heavy atom. The van der Waals surface area contributed by atoms with Crippen LogP contribution in [0.3, 0.4) is 0 Å². The van der Waals surface area contributed by atoms with Crippen LogP contribution in [0.4, 0.5) is 0 Å². The Hall–Kier alpha value is -0.905. The summed E-state index contributed by atoms with van der Waals surface area (Å²) in [6.45, 7) is 11.6. The lowest BCUT2D eigenvalue weighted by Crippen LogP contribution is -2.41. The summed E-state index contributed by atoms with van der Waals surface area (Å²) >= 11 is 0. The molecule has 0 amide bonds. The van der Waals surface area contributed by atoms with Crippen LogP contribution in [0.5, 0.6) is 0 Å². The molecule has 0 bridgehead atoms. The zero-order valence-corrected chi connectivity index (χ0v) is 12.8. The second-order valence-electron chi connectivity index (χ2n) is 6.77. The molecule has 2 aliphatic rings. The van der Waals surface area contributed by atoms with Crippen LogP contribution >= 0.6 is 0 Å². The van der Waals surface area contributed by atoms with Gasteiger partial charge in [0.05, 0.1) is 22.5 Å². The summed E-state index contributed by atoms with van der Waals surface area (Å²) in [6.07, 6.45) is 1.30. The quantitative estimate of drug-likeness (QED) is 0.784. The van der Waals surface area contributed by atoms with Crippen LogP contribution in [0.2, 0.25) is 0 Å². The summed E-state index contributed by atoms with van der Waals surface area (Å²) in [5, 5.41) is 0. The Morgan fingerprint density at radius 3 is 2.35 bits per heavy atom. The summed E-state index contributed by atoms with van der Waals surface area (Å²) in [5.74, 6) is 0. The predicted octanol–water partition coefficient (Wildman–Crippen LogP) is 1.59. The van der Waals surface area contributed by atoms with Crippen LogP contribution in [-0.2, 0) is 15.9 Å². The fraction of sp³-hybridized carbons (Fsp3) is 0.667. The van der Waals surface area contributed by atoms with E-state index >= 15 is 0 Å². The second kappa shape index (κ2) is 4.83. The van der Waals surface area contributed by atoms with Gasteiger partial charge < -0.3 is 9.31 Å². The minimum absolute atomic E-state index is 0.313. The molecule has 1 aromatic heterocycles. The van der Waals surface area contributed by atoms with Crippen LogP contribution in [0.15, 0.2) is 18.2 Å². The molecule has 20 heavy (non-hydrogen) atoms. The molecule has 0 radical (unpaired) electrons. The molecule has 2 saturated heterocycles. The van der Waals surface area contributed by atoms with E-state index in [-0.39, 0.29) is 18.3 Å². The van der Waals surface area contributed by atoms with Gasteiger partial charge in [0.25, 0.3) is 0 Å². The maximum Gasteiger partial charge on any atom is 0.514 e. The third-order valence-electron chi connectivity index (χ3n) is 4.66. The molecule has 108 valence electrons. The highest BCUT2D eigenvalue weighted by atomic mass is 16.7. The van der Waals surface area contributed by atoms with Gasteiger partial charge in [-0.3, -0.25) is 9.88 Å². The molecule has 0 aliphatic carbocycles. The van der Waals surface area contributed by atoms with Crippen molar-refractivity contribution in [3.8, 4) is 0 Å². The van der Waals surface area contributed by atoms with Gasteiger partial charge in [0.2, 0.25) is 0 Å². The first-order valence-corrected chi connectivity index (χ1v) is 7.41. The van der Waals surface area contributed by atoms with E-state index in [1.807, 2.05) is 12.1 Å². The maximum absolute atomic E-state index is 6.05. The topological polar surface area (TPSA) is 34.6 Å². The minimum Gasteiger partial charge on any atom is -0.398 e. The maximum atomic E-state index is 6.05. The van der Waals surface area contributed by atoms with E-state index < -0.39 is 0 Å². The lowest BCUT2D eigenvalue weighted by molar-refractivity contribution is 0.00578. The molecule has 0 N–H and O–H groups in total. The molecule has 3 rings (SSSR count). The predicted molar refractivity (Wildman–Crippen MR) is 79.8 cm³/mol. The van der Waals surface area contributed by atoms with Gasteiger partial charge in [-0.2, -0.15) is 0 Å². The minimum atomic E-state index is -0.364. The molecule has 1 aromatic rings. The van der Waals surface area contributed by atoms with Gasteiger partial charge in [0.15, 0.2) is 0 Å². The summed E-state index contributed by atoms with van der Waals surface area (Å²) < 4.78 is 12.1. The van der Waals surface area contributed by atoms with Crippen molar-refractivity contribution in [3.63, 3.8) is 0 Å². The Morgan fingerprint density at radius 1 is 1.15 bits per heavy atom. The van der Waals surface area contributed by atoms with E-state index in [0.29, 0.717) is 0 Å². The molecule has 4 nitrogen and oxygen atoms in total. The number of hydrogen-bond acceptors (Lipinski definition) is 4. The van der Waals surface area contributed by atoms with E-state index in [0.717, 1.165) is 17.8 Å². The van der Waals surface area contributed by atoms with Crippen LogP contribution in [-0.4, -0.2) is 41.3 Å². The molecule has 0 atom stereocenters. The normalized spacial score (nSPS) is 24.7. The Kier molecular flexibility index (Phi) is 3.39. The number of rotatable bonds is 3. The number of hydrogen-bond donors (Lipinski definition) is 0. The molecule has 0 spiro atoms. The van der Waals surface area contributed by atoms with Crippen LogP contribution in [0.25, 0.3) is 0 Å². The lowest BCUT2D eigenvalue weighted by Gasteiger charge is -2.32. The zero-order valence-electron chi connectivity index (χ0n) is 12.8. The van der Waals surface area contributed by atoms with Crippen molar-refractivity contribution in [2.24, 2.45) is 0 Å². The highest BCUT2D eigenvalue weighted by Crippen LogP contribution is 2.36. The average molecular weight is 274 g/mol. The first-order valence-electron chi connectivity index (χ1n) is 7.41. The molecular weight excluding hydrogens is 251 g/mol. The lowest BCUT2D eigenvalue weighted by atomic mass is 9.84. The summed E-state index contributed by atoms with van der Waals surface area (Å²) in [6, 6.07) is 6.11. The van der Waals surface area contributed by atoms with Gasteiger partial charge in [0.1, 0.15) is 0 Å². The van der Waals surface area contributed by atoms with Gasteiger partial charge in [-0.1, -0.05) is 6.07 Å². The van der Waals surface area contributed by atoms with Gasteiger partial charge in [-0.25, -0.2) is 0 Å². The number of likely N-dealkylation sites (tertiary alicyclic amines) is 1. The van der Waals surface area contributed by atoms with Crippen molar-refractivity contribution in [2.45, 2.75) is 51.9 Å². The summed E-state index contributed by atoms with van der Waals surface area (Å²) in [5.41, 5.74) is 1.35. The fourth-order valence-electron chi connectivity index (χ4n) is 2.45. The van der Waals surface area contributed by atoms with E-state index in [2.05, 4.69) is 38.7 Å². The SMILES string of the molecule is CC1(C)OB(c2cccc(CN3CCC3)n2)OC1(C)C. The van der Waals surface area contributed by atoms with Crippen molar-refractivity contribution >= 4 is 12.7 Å². The smallest absolute Gasteiger partial charge is 0.398 e. The van der Waals surface area contributed by atoms with Gasteiger partial charge in [-0.15, -0.1) is 0 Å². The Labute approximate surface area is 121 Å². The number of nitrogens with zero attached hydrogens (tertiary/aromatic N) is 2. The molecule has 0 unspecified atom stereocenters. The molecule has 0 saturated carbocycles. The zero-order chi connectivity index (χ0) is 14.4.